The van der Waals surface area contributed by atoms with E-state index in [9.17, 15) is 4.79 Å². The number of ether oxygens (including phenoxy) is 2. The Morgan fingerprint density at radius 2 is 1.88 bits per heavy atom. The number of carbonyl (C=O) groups is 1. The van der Waals surface area contributed by atoms with Crippen LogP contribution in [0.5, 0.6) is 11.6 Å². The van der Waals surface area contributed by atoms with Gasteiger partial charge in [-0.05, 0) is 56.0 Å². The summed E-state index contributed by atoms with van der Waals surface area (Å²) in [5.74, 6) is 2.99. The number of carbonyl (C=O) groups excluding carboxylic acids is 1. The zero-order chi connectivity index (χ0) is 23.7. The van der Waals surface area contributed by atoms with E-state index in [-0.39, 0.29) is 18.3 Å². The number of aromatic nitrogens is 3. The van der Waals surface area contributed by atoms with Crippen LogP contribution in [-0.2, 0) is 11.8 Å². The standard InChI is InChI=1S/C26H29N3O4/c1-15(19-7-9-21(31-6)10-8-19)11-20(30)14-32-23-12-16(2)24-25(28-29(5)26(24)27-23)22-13-17(3)33-18(22)4/h7-10,12-13,15H,11,14H2,1-6H3/t15-/m1/s1. The second kappa shape index (κ2) is 9.10. The molecule has 7 heteroatoms. The summed E-state index contributed by atoms with van der Waals surface area (Å²) >= 11 is 0. The zero-order valence-corrected chi connectivity index (χ0v) is 19.9. The van der Waals surface area contributed by atoms with Crippen LogP contribution in [0.2, 0.25) is 0 Å². The summed E-state index contributed by atoms with van der Waals surface area (Å²) in [6, 6.07) is 11.6. The number of Topliss-reactive ketones (excluding diaryl/α,β-unsaturated/α-hetero) is 1. The molecule has 0 aliphatic rings. The van der Waals surface area contributed by atoms with Crippen LogP contribution in [0.25, 0.3) is 22.3 Å². The van der Waals surface area contributed by atoms with Crippen LogP contribution >= 0.6 is 0 Å². The highest BCUT2D eigenvalue weighted by Crippen LogP contribution is 2.34. The highest BCUT2D eigenvalue weighted by atomic mass is 16.5. The van der Waals surface area contributed by atoms with Gasteiger partial charge in [-0.25, -0.2) is 4.68 Å². The second-order valence-electron chi connectivity index (χ2n) is 8.48. The molecule has 4 aromatic rings. The number of benzene rings is 1. The molecule has 7 nitrogen and oxygen atoms in total. The van der Waals surface area contributed by atoms with Gasteiger partial charge in [-0.2, -0.15) is 10.1 Å². The molecule has 0 unspecified atom stereocenters. The number of furan rings is 1. The third kappa shape index (κ3) is 4.62. The molecular formula is C26H29N3O4. The van der Waals surface area contributed by atoms with Crippen molar-refractivity contribution in [1.29, 1.82) is 0 Å². The van der Waals surface area contributed by atoms with Crippen molar-refractivity contribution in [3.8, 4) is 22.9 Å². The molecule has 1 atom stereocenters. The maximum absolute atomic E-state index is 12.6. The number of fused-ring (bicyclic) bond motifs is 1. The Morgan fingerprint density at radius 3 is 2.52 bits per heavy atom. The Bertz CT molecular complexity index is 1300. The maximum Gasteiger partial charge on any atom is 0.215 e. The van der Waals surface area contributed by atoms with Crippen molar-refractivity contribution in [1.82, 2.24) is 14.8 Å². The molecule has 172 valence electrons. The number of ketones is 1. The van der Waals surface area contributed by atoms with Gasteiger partial charge in [0.25, 0.3) is 0 Å². The summed E-state index contributed by atoms with van der Waals surface area (Å²) in [6.45, 7) is 7.86. The molecule has 1 aromatic carbocycles. The minimum absolute atomic E-state index is 0.0214. The molecule has 0 fully saturated rings. The third-order valence-corrected chi connectivity index (χ3v) is 5.86. The molecule has 0 saturated carbocycles. The van der Waals surface area contributed by atoms with Gasteiger partial charge in [-0.1, -0.05) is 19.1 Å². The molecule has 0 aliphatic carbocycles. The first-order valence-corrected chi connectivity index (χ1v) is 11.0. The van der Waals surface area contributed by atoms with Gasteiger partial charge in [0.15, 0.2) is 11.4 Å². The van der Waals surface area contributed by atoms with Crippen LogP contribution in [0.3, 0.4) is 0 Å². The molecule has 3 heterocycles. The quantitative estimate of drug-likeness (QED) is 0.364. The van der Waals surface area contributed by atoms with Gasteiger partial charge in [0.2, 0.25) is 5.88 Å². The number of aryl methyl sites for hydroxylation is 4. The molecule has 0 radical (unpaired) electrons. The Kier molecular flexibility index (Phi) is 6.22. The topological polar surface area (TPSA) is 79.4 Å². The molecule has 0 aliphatic heterocycles. The largest absolute Gasteiger partial charge is 0.497 e. The van der Waals surface area contributed by atoms with Crippen molar-refractivity contribution in [2.75, 3.05) is 13.7 Å². The van der Waals surface area contributed by atoms with Gasteiger partial charge in [-0.3, -0.25) is 4.79 Å². The highest BCUT2D eigenvalue weighted by molar-refractivity contribution is 5.94. The van der Waals surface area contributed by atoms with Crippen LogP contribution < -0.4 is 9.47 Å². The molecule has 0 N–H and O–H groups in total. The molecular weight excluding hydrogens is 418 g/mol. The van der Waals surface area contributed by atoms with E-state index in [1.807, 2.05) is 71.1 Å². The third-order valence-electron chi connectivity index (χ3n) is 5.86. The van der Waals surface area contributed by atoms with E-state index in [0.29, 0.717) is 17.9 Å². The molecule has 0 saturated heterocycles. The lowest BCUT2D eigenvalue weighted by Crippen LogP contribution is -2.14. The summed E-state index contributed by atoms with van der Waals surface area (Å²) in [5.41, 5.74) is 4.57. The number of hydrogen-bond donors (Lipinski definition) is 0. The van der Waals surface area contributed by atoms with Crippen LogP contribution in [-0.4, -0.2) is 34.3 Å². The van der Waals surface area contributed by atoms with Crippen LogP contribution in [0.15, 0.2) is 40.8 Å². The van der Waals surface area contributed by atoms with Crippen molar-refractivity contribution >= 4 is 16.8 Å². The lowest BCUT2D eigenvalue weighted by atomic mass is 9.96. The molecule has 33 heavy (non-hydrogen) atoms. The molecule has 0 amide bonds. The van der Waals surface area contributed by atoms with Gasteiger partial charge < -0.3 is 13.9 Å². The molecule has 0 spiro atoms. The fourth-order valence-electron chi connectivity index (χ4n) is 4.13. The normalized spacial score (nSPS) is 12.2. The number of pyridine rings is 1. The zero-order valence-electron chi connectivity index (χ0n) is 19.9. The van der Waals surface area contributed by atoms with Crippen molar-refractivity contribution < 1.29 is 18.7 Å². The van der Waals surface area contributed by atoms with Gasteiger partial charge in [0.05, 0.1) is 12.5 Å². The van der Waals surface area contributed by atoms with Crippen LogP contribution in [0.4, 0.5) is 0 Å². The average Bonchev–Trinajstić information content (AvgIpc) is 3.30. The van der Waals surface area contributed by atoms with E-state index in [2.05, 4.69) is 10.1 Å². The van der Waals surface area contributed by atoms with Crippen molar-refractivity contribution in [2.24, 2.45) is 7.05 Å². The van der Waals surface area contributed by atoms with E-state index in [0.717, 1.165) is 45.0 Å². The van der Waals surface area contributed by atoms with Crippen molar-refractivity contribution in [3.05, 3.63) is 59.0 Å². The van der Waals surface area contributed by atoms with Gasteiger partial charge in [0, 0.05) is 25.1 Å². The summed E-state index contributed by atoms with van der Waals surface area (Å²) in [6.07, 6.45) is 0.391. The Labute approximate surface area is 193 Å². The molecule has 4 rings (SSSR count). The average molecular weight is 448 g/mol. The first-order valence-electron chi connectivity index (χ1n) is 11.0. The van der Waals surface area contributed by atoms with Crippen molar-refractivity contribution in [2.45, 2.75) is 40.0 Å². The Morgan fingerprint density at radius 1 is 1.15 bits per heavy atom. The number of hydrogen-bond acceptors (Lipinski definition) is 6. The van der Waals surface area contributed by atoms with E-state index < -0.39 is 0 Å². The van der Waals surface area contributed by atoms with Gasteiger partial charge >= 0.3 is 0 Å². The monoisotopic (exact) mass is 447 g/mol. The first-order chi connectivity index (χ1) is 15.8. The Hall–Kier alpha value is -3.61. The maximum atomic E-state index is 12.6. The Balaban J connectivity index is 1.48. The van der Waals surface area contributed by atoms with Crippen LogP contribution in [0, 0.1) is 20.8 Å². The van der Waals surface area contributed by atoms with E-state index >= 15 is 0 Å². The number of rotatable bonds is 8. The second-order valence-corrected chi connectivity index (χ2v) is 8.48. The van der Waals surface area contributed by atoms with Crippen LogP contribution in [0.1, 0.15) is 41.9 Å². The summed E-state index contributed by atoms with van der Waals surface area (Å²) in [4.78, 5) is 17.2. The molecule has 3 aromatic heterocycles. The lowest BCUT2D eigenvalue weighted by Gasteiger charge is -2.12. The predicted molar refractivity (Wildman–Crippen MR) is 127 cm³/mol. The number of nitrogens with zero attached hydrogens (tertiary/aromatic N) is 3. The summed E-state index contributed by atoms with van der Waals surface area (Å²) in [5, 5.41) is 5.63. The summed E-state index contributed by atoms with van der Waals surface area (Å²) < 4.78 is 18.4. The number of methoxy groups -OCH3 is 1. The molecule has 0 bridgehead atoms. The van der Waals surface area contributed by atoms with Gasteiger partial charge in [-0.15, -0.1) is 0 Å². The fraction of sp³-hybridized carbons (Fsp3) is 0.346. The fourth-order valence-corrected chi connectivity index (χ4v) is 4.13. The predicted octanol–water partition coefficient (Wildman–Crippen LogP) is 5.30. The minimum Gasteiger partial charge on any atom is -0.497 e. The highest BCUT2D eigenvalue weighted by Gasteiger charge is 2.20. The van der Waals surface area contributed by atoms with Gasteiger partial charge in [0.1, 0.15) is 29.6 Å². The lowest BCUT2D eigenvalue weighted by molar-refractivity contribution is -0.121. The van der Waals surface area contributed by atoms with Crippen molar-refractivity contribution in [3.63, 3.8) is 0 Å². The van der Waals surface area contributed by atoms with E-state index in [1.165, 1.54) is 0 Å². The van der Waals surface area contributed by atoms with E-state index in [1.54, 1.807) is 11.8 Å². The SMILES string of the molecule is COc1ccc([C@H](C)CC(=O)COc2cc(C)c3c(-c4cc(C)oc4C)nn(C)c3n2)cc1. The van der Waals surface area contributed by atoms with E-state index in [4.69, 9.17) is 13.9 Å². The minimum atomic E-state index is -0.0246. The first kappa shape index (κ1) is 22.6. The summed E-state index contributed by atoms with van der Waals surface area (Å²) in [7, 11) is 3.49. The smallest absolute Gasteiger partial charge is 0.215 e.